The normalized spacial score (nSPS) is 22.4. The summed E-state index contributed by atoms with van der Waals surface area (Å²) in [6.07, 6.45) is 0.210. The molecule has 2 atom stereocenters. The fraction of sp³-hybridized carbons (Fsp3) is 0.556. The minimum absolute atomic E-state index is 0.105. The van der Waals surface area contributed by atoms with E-state index < -0.39 is 5.97 Å². The molecule has 8 nitrogen and oxygen atoms in total. The van der Waals surface area contributed by atoms with E-state index in [0.29, 0.717) is 17.2 Å². The smallest absolute Gasteiger partial charge is 0.340 e. The minimum Gasteiger partial charge on any atom is -0.493 e. The Balaban J connectivity index is 2.18. The van der Waals surface area contributed by atoms with Gasteiger partial charge in [0.1, 0.15) is 25.3 Å². The van der Waals surface area contributed by atoms with Gasteiger partial charge in [0.25, 0.3) is 5.91 Å². The van der Waals surface area contributed by atoms with Gasteiger partial charge in [-0.2, -0.15) is 0 Å². The fourth-order valence-electron chi connectivity index (χ4n) is 3.22. The van der Waals surface area contributed by atoms with Crippen LogP contribution in [0.15, 0.2) is 12.1 Å². The summed E-state index contributed by atoms with van der Waals surface area (Å²) in [6.45, 7) is 5.79. The van der Waals surface area contributed by atoms with Crippen molar-refractivity contribution >= 4 is 17.6 Å². The molecule has 1 saturated heterocycles. The topological polar surface area (TPSA) is 87.5 Å². The quantitative estimate of drug-likeness (QED) is 0.695. The van der Waals surface area contributed by atoms with Crippen molar-refractivity contribution in [1.82, 2.24) is 0 Å². The van der Waals surface area contributed by atoms with E-state index in [4.69, 9.17) is 18.9 Å². The second kappa shape index (κ2) is 8.86. The molecule has 2 N–H and O–H groups in total. The summed E-state index contributed by atoms with van der Waals surface area (Å²) < 4.78 is 21.0. The van der Waals surface area contributed by atoms with Crippen molar-refractivity contribution in [2.45, 2.75) is 26.1 Å². The molecule has 1 heterocycles. The van der Waals surface area contributed by atoms with Crippen molar-refractivity contribution in [2.24, 2.45) is 0 Å². The molecule has 1 aromatic rings. The molecule has 0 spiro atoms. The predicted molar refractivity (Wildman–Crippen MR) is 95.1 cm³/mol. The number of methoxy groups -OCH3 is 3. The predicted octanol–water partition coefficient (Wildman–Crippen LogP) is 0.121. The zero-order valence-electron chi connectivity index (χ0n) is 15.9. The minimum atomic E-state index is -0.567. The molecule has 0 saturated carbocycles. The van der Waals surface area contributed by atoms with Crippen molar-refractivity contribution in [2.75, 3.05) is 46.3 Å². The van der Waals surface area contributed by atoms with Crippen molar-refractivity contribution in [3.8, 4) is 11.5 Å². The van der Waals surface area contributed by atoms with Gasteiger partial charge in [-0.3, -0.25) is 4.79 Å². The van der Waals surface area contributed by atoms with E-state index in [1.165, 1.54) is 27.4 Å². The second-order valence-electron chi connectivity index (χ2n) is 6.38. The van der Waals surface area contributed by atoms with Crippen LogP contribution in [0.25, 0.3) is 0 Å². The molecular formula is C18H27N2O6+. The van der Waals surface area contributed by atoms with Crippen molar-refractivity contribution in [3.63, 3.8) is 0 Å². The Morgan fingerprint density at radius 2 is 1.69 bits per heavy atom. The van der Waals surface area contributed by atoms with Gasteiger partial charge in [0.2, 0.25) is 0 Å². The molecule has 0 aliphatic carbocycles. The van der Waals surface area contributed by atoms with Gasteiger partial charge in [0.15, 0.2) is 18.0 Å². The average Bonchev–Trinajstić information content (AvgIpc) is 2.59. The molecule has 8 heteroatoms. The Labute approximate surface area is 153 Å². The zero-order chi connectivity index (χ0) is 19.3. The van der Waals surface area contributed by atoms with Gasteiger partial charge in [0, 0.05) is 12.1 Å². The number of esters is 1. The van der Waals surface area contributed by atoms with Crippen LogP contribution in [0.1, 0.15) is 24.2 Å². The van der Waals surface area contributed by atoms with E-state index >= 15 is 0 Å². The number of hydrogen-bond acceptors (Lipinski definition) is 6. The van der Waals surface area contributed by atoms with Gasteiger partial charge >= 0.3 is 5.97 Å². The highest BCUT2D eigenvalue weighted by molar-refractivity contribution is 6.02. The van der Waals surface area contributed by atoms with Crippen molar-refractivity contribution in [1.29, 1.82) is 0 Å². The lowest BCUT2D eigenvalue weighted by Crippen LogP contribution is -3.16. The van der Waals surface area contributed by atoms with E-state index in [1.807, 2.05) is 13.8 Å². The number of anilines is 1. The molecule has 1 aromatic carbocycles. The van der Waals surface area contributed by atoms with Crippen LogP contribution in [-0.4, -0.2) is 65.0 Å². The average molecular weight is 367 g/mol. The Morgan fingerprint density at radius 1 is 1.12 bits per heavy atom. The lowest BCUT2D eigenvalue weighted by molar-refractivity contribution is -0.907. The van der Waals surface area contributed by atoms with Crippen LogP contribution in [0.3, 0.4) is 0 Å². The number of nitrogens with one attached hydrogen (secondary N) is 2. The highest BCUT2D eigenvalue weighted by atomic mass is 16.5. The second-order valence-corrected chi connectivity index (χ2v) is 6.38. The molecule has 0 radical (unpaired) electrons. The van der Waals surface area contributed by atoms with Crippen molar-refractivity contribution in [3.05, 3.63) is 17.7 Å². The molecular weight excluding hydrogens is 340 g/mol. The van der Waals surface area contributed by atoms with Gasteiger partial charge in [-0.05, 0) is 13.8 Å². The van der Waals surface area contributed by atoms with Crippen LogP contribution in [-0.2, 0) is 14.3 Å². The van der Waals surface area contributed by atoms with Crippen LogP contribution < -0.4 is 19.7 Å². The van der Waals surface area contributed by atoms with E-state index in [9.17, 15) is 9.59 Å². The van der Waals surface area contributed by atoms with Crippen LogP contribution in [0.5, 0.6) is 11.5 Å². The number of hydrogen-bond donors (Lipinski definition) is 2. The number of benzene rings is 1. The third-order valence-electron chi connectivity index (χ3n) is 4.23. The summed E-state index contributed by atoms with van der Waals surface area (Å²) in [7, 11) is 4.24. The third kappa shape index (κ3) is 4.86. The van der Waals surface area contributed by atoms with E-state index in [2.05, 4.69) is 5.32 Å². The number of morpholine rings is 1. The van der Waals surface area contributed by atoms with Gasteiger partial charge in [-0.15, -0.1) is 0 Å². The molecule has 26 heavy (non-hydrogen) atoms. The Kier molecular flexibility index (Phi) is 6.82. The maximum absolute atomic E-state index is 12.5. The maximum Gasteiger partial charge on any atom is 0.340 e. The van der Waals surface area contributed by atoms with E-state index in [-0.39, 0.29) is 30.2 Å². The SMILES string of the molecule is COC(=O)c1cc(OC)c(OC)cc1NC(=O)C[NH+]1C[C@@H](C)O[C@H](C)C1. The summed E-state index contributed by atoms with van der Waals surface area (Å²) in [6, 6.07) is 3.05. The first kappa shape index (κ1) is 20.0. The molecule has 1 amide bonds. The number of rotatable bonds is 6. The first-order valence-electron chi connectivity index (χ1n) is 8.51. The lowest BCUT2D eigenvalue weighted by Gasteiger charge is -2.32. The Hall–Kier alpha value is -2.32. The molecule has 1 fully saturated rings. The maximum atomic E-state index is 12.5. The summed E-state index contributed by atoms with van der Waals surface area (Å²) in [5.74, 6) is 0.0321. The molecule has 0 bridgehead atoms. The summed E-state index contributed by atoms with van der Waals surface area (Å²) >= 11 is 0. The number of quaternary nitrogens is 1. The van der Waals surface area contributed by atoms with E-state index in [1.54, 1.807) is 6.07 Å². The van der Waals surface area contributed by atoms with Gasteiger partial charge in [0.05, 0.1) is 32.6 Å². The highest BCUT2D eigenvalue weighted by Crippen LogP contribution is 2.33. The van der Waals surface area contributed by atoms with Gasteiger partial charge in [-0.25, -0.2) is 4.79 Å². The molecule has 0 unspecified atom stereocenters. The number of carbonyl (C=O) groups excluding carboxylic acids is 2. The van der Waals surface area contributed by atoms with Crippen LogP contribution in [0, 0.1) is 0 Å². The Morgan fingerprint density at radius 3 is 2.23 bits per heavy atom. The summed E-state index contributed by atoms with van der Waals surface area (Å²) in [4.78, 5) is 25.7. The van der Waals surface area contributed by atoms with Crippen LogP contribution >= 0.6 is 0 Å². The summed E-state index contributed by atoms with van der Waals surface area (Å²) in [5.41, 5.74) is 0.533. The number of ether oxygens (including phenoxy) is 4. The molecule has 2 rings (SSSR count). The fourth-order valence-corrected chi connectivity index (χ4v) is 3.22. The van der Waals surface area contributed by atoms with Crippen LogP contribution in [0.2, 0.25) is 0 Å². The van der Waals surface area contributed by atoms with Gasteiger partial charge < -0.3 is 29.2 Å². The standard InChI is InChI=1S/C18H26N2O6/c1-11-8-20(9-12(2)26-11)10-17(21)19-14-7-16(24-4)15(23-3)6-13(14)18(22)25-5/h6-7,11-12H,8-10H2,1-5H3,(H,19,21)/p+1/t11-,12-/m1/s1. The van der Waals surface area contributed by atoms with Gasteiger partial charge in [-0.1, -0.05) is 0 Å². The Bertz CT molecular complexity index is 653. The molecule has 1 aliphatic heterocycles. The molecule has 0 aromatic heterocycles. The lowest BCUT2D eigenvalue weighted by atomic mass is 10.1. The molecule has 1 aliphatic rings. The molecule has 144 valence electrons. The monoisotopic (exact) mass is 367 g/mol. The van der Waals surface area contributed by atoms with E-state index in [0.717, 1.165) is 18.0 Å². The zero-order valence-corrected chi connectivity index (χ0v) is 15.9. The highest BCUT2D eigenvalue weighted by Gasteiger charge is 2.28. The first-order valence-corrected chi connectivity index (χ1v) is 8.51. The largest absolute Gasteiger partial charge is 0.493 e. The first-order chi connectivity index (χ1) is 12.4. The van der Waals surface area contributed by atoms with Crippen LogP contribution in [0.4, 0.5) is 5.69 Å². The number of amides is 1. The van der Waals surface area contributed by atoms with Crippen molar-refractivity contribution < 1.29 is 33.4 Å². The summed E-state index contributed by atoms with van der Waals surface area (Å²) in [5, 5.41) is 2.79. The third-order valence-corrected chi connectivity index (χ3v) is 4.23. The number of carbonyl (C=O) groups is 2.